The molecule has 1 aliphatic rings. The van der Waals surface area contributed by atoms with Crippen LogP contribution in [0.25, 0.3) is 0 Å². The molecule has 1 saturated heterocycles. The fourth-order valence-corrected chi connectivity index (χ4v) is 4.39. The molecule has 1 fully saturated rings. The molecule has 4 rings (SSSR count). The summed E-state index contributed by atoms with van der Waals surface area (Å²) in [5, 5.41) is 19.3. The second-order valence-electron chi connectivity index (χ2n) is 7.75. The van der Waals surface area contributed by atoms with Gasteiger partial charge in [-0.2, -0.15) is 0 Å². The minimum absolute atomic E-state index is 0.00246. The summed E-state index contributed by atoms with van der Waals surface area (Å²) in [5.74, 6) is 0.00246. The van der Waals surface area contributed by atoms with Gasteiger partial charge in [0.15, 0.2) is 0 Å². The monoisotopic (exact) mass is 404 g/mol. The topological polar surface area (TPSA) is 58.9 Å². The van der Waals surface area contributed by atoms with E-state index in [9.17, 15) is 10.2 Å². The molecule has 3 atom stereocenters. The van der Waals surface area contributed by atoms with E-state index in [-0.39, 0.29) is 31.3 Å². The lowest BCUT2D eigenvalue weighted by atomic mass is 9.80. The number of benzene rings is 3. The molecule has 0 radical (unpaired) electrons. The highest BCUT2D eigenvalue weighted by molar-refractivity contribution is 5.47. The fraction of sp³-hybridized carbons (Fsp3) is 0.308. The lowest BCUT2D eigenvalue weighted by Gasteiger charge is -2.37. The number of aliphatic hydroxyl groups excluding tert-OH is 2. The minimum atomic E-state index is -0.791. The van der Waals surface area contributed by atoms with Crippen molar-refractivity contribution in [3.8, 4) is 0 Å². The Labute approximate surface area is 177 Å². The predicted molar refractivity (Wildman–Crippen MR) is 116 cm³/mol. The number of hydrogen-bond donors (Lipinski definition) is 2. The van der Waals surface area contributed by atoms with Crippen molar-refractivity contribution < 1.29 is 19.7 Å². The van der Waals surface area contributed by atoms with Gasteiger partial charge < -0.3 is 19.7 Å². The number of aliphatic hydroxyl groups is 2. The van der Waals surface area contributed by atoms with E-state index in [1.54, 1.807) is 0 Å². The van der Waals surface area contributed by atoms with Gasteiger partial charge in [-0.15, -0.1) is 0 Å². The summed E-state index contributed by atoms with van der Waals surface area (Å²) in [5.41, 5.74) is 2.34. The highest BCUT2D eigenvalue weighted by atomic mass is 16.5. The quantitative estimate of drug-likeness (QED) is 0.562. The summed E-state index contributed by atoms with van der Waals surface area (Å²) < 4.78 is 12.6. The van der Waals surface area contributed by atoms with Crippen LogP contribution in [0.15, 0.2) is 91.0 Å². The van der Waals surface area contributed by atoms with Crippen LogP contribution in [-0.2, 0) is 15.1 Å². The van der Waals surface area contributed by atoms with Crippen molar-refractivity contribution in [2.75, 3.05) is 19.8 Å². The van der Waals surface area contributed by atoms with Crippen molar-refractivity contribution in [1.29, 1.82) is 0 Å². The van der Waals surface area contributed by atoms with E-state index in [2.05, 4.69) is 36.4 Å². The van der Waals surface area contributed by atoms with E-state index < -0.39 is 5.60 Å². The van der Waals surface area contributed by atoms with Gasteiger partial charge in [0.25, 0.3) is 0 Å². The fourth-order valence-electron chi connectivity index (χ4n) is 4.39. The molecule has 1 heterocycles. The van der Waals surface area contributed by atoms with Crippen LogP contribution >= 0.6 is 0 Å². The van der Waals surface area contributed by atoms with E-state index >= 15 is 0 Å². The maximum absolute atomic E-state index is 9.77. The van der Waals surface area contributed by atoms with E-state index in [1.807, 2.05) is 54.6 Å². The van der Waals surface area contributed by atoms with Crippen molar-refractivity contribution in [3.05, 3.63) is 108 Å². The first-order valence-corrected chi connectivity index (χ1v) is 10.5. The number of ether oxygens (including phenoxy) is 2. The van der Waals surface area contributed by atoms with Crippen LogP contribution in [0.4, 0.5) is 0 Å². The zero-order valence-corrected chi connectivity index (χ0v) is 16.9. The van der Waals surface area contributed by atoms with Crippen molar-refractivity contribution in [2.24, 2.45) is 5.92 Å². The zero-order valence-electron chi connectivity index (χ0n) is 16.9. The van der Waals surface area contributed by atoms with Gasteiger partial charge in [-0.25, -0.2) is 0 Å². The van der Waals surface area contributed by atoms with E-state index in [0.717, 1.165) is 16.7 Å². The Morgan fingerprint density at radius 2 is 1.20 bits per heavy atom. The Morgan fingerprint density at radius 1 is 0.733 bits per heavy atom. The number of rotatable bonds is 8. The van der Waals surface area contributed by atoms with Gasteiger partial charge >= 0.3 is 0 Å². The second-order valence-corrected chi connectivity index (χ2v) is 7.75. The molecular weight excluding hydrogens is 376 g/mol. The van der Waals surface area contributed by atoms with Crippen LogP contribution in [0.2, 0.25) is 0 Å². The maximum atomic E-state index is 9.77. The van der Waals surface area contributed by atoms with Gasteiger partial charge in [0.2, 0.25) is 0 Å². The van der Waals surface area contributed by atoms with Gasteiger partial charge in [-0.3, -0.25) is 0 Å². The average molecular weight is 405 g/mol. The van der Waals surface area contributed by atoms with Crippen molar-refractivity contribution in [1.82, 2.24) is 0 Å². The lowest BCUT2D eigenvalue weighted by molar-refractivity contribution is -0.0499. The molecule has 4 nitrogen and oxygen atoms in total. The highest BCUT2D eigenvalue weighted by Gasteiger charge is 2.41. The molecule has 0 aromatic heterocycles. The second kappa shape index (κ2) is 9.54. The summed E-state index contributed by atoms with van der Waals surface area (Å²) in [7, 11) is 0. The Balaban J connectivity index is 1.77. The van der Waals surface area contributed by atoms with E-state index in [4.69, 9.17) is 9.47 Å². The SMILES string of the molecule is OC[C@@H]1C[C@H](COC(c2ccccc2)(c2ccccc2)c2ccccc2)[C@H](CO)O1. The Bertz CT molecular complexity index is 801. The third kappa shape index (κ3) is 4.05. The van der Waals surface area contributed by atoms with Crippen LogP contribution in [0.1, 0.15) is 23.1 Å². The molecule has 0 aliphatic carbocycles. The highest BCUT2D eigenvalue weighted by Crippen LogP contribution is 2.41. The first-order chi connectivity index (χ1) is 14.8. The maximum Gasteiger partial charge on any atom is 0.143 e. The van der Waals surface area contributed by atoms with Crippen LogP contribution in [0.3, 0.4) is 0 Å². The molecule has 0 unspecified atom stereocenters. The molecule has 0 saturated carbocycles. The molecule has 3 aromatic carbocycles. The molecule has 2 N–H and O–H groups in total. The Hall–Kier alpha value is -2.50. The standard InChI is InChI=1S/C26H28O4/c27-17-24-16-20(25(18-28)30-24)19-29-26(21-10-4-1-5-11-21,22-12-6-2-7-13-22)23-14-8-3-9-15-23/h1-15,20,24-25,27-28H,16-19H2/t20-,24+,25+/m1/s1. The van der Waals surface area contributed by atoms with Crippen LogP contribution < -0.4 is 0 Å². The average Bonchev–Trinajstić information content (AvgIpc) is 3.24. The van der Waals surface area contributed by atoms with Crippen molar-refractivity contribution >= 4 is 0 Å². The first-order valence-electron chi connectivity index (χ1n) is 10.5. The normalized spacial score (nSPS) is 21.6. The van der Waals surface area contributed by atoms with Crippen molar-refractivity contribution in [2.45, 2.75) is 24.2 Å². The third-order valence-electron chi connectivity index (χ3n) is 5.90. The van der Waals surface area contributed by atoms with E-state index in [0.29, 0.717) is 13.0 Å². The van der Waals surface area contributed by atoms with Gasteiger partial charge in [0.05, 0.1) is 32.0 Å². The summed E-state index contributed by atoms with van der Waals surface area (Å²) in [6.45, 7) is 0.272. The molecule has 4 heteroatoms. The first kappa shape index (κ1) is 20.8. The molecule has 3 aromatic rings. The molecule has 30 heavy (non-hydrogen) atoms. The molecule has 156 valence electrons. The molecule has 0 amide bonds. The van der Waals surface area contributed by atoms with Gasteiger partial charge in [0.1, 0.15) is 5.60 Å². The van der Waals surface area contributed by atoms with E-state index in [1.165, 1.54) is 0 Å². The Morgan fingerprint density at radius 3 is 1.60 bits per heavy atom. The summed E-state index contributed by atoms with van der Waals surface area (Å²) >= 11 is 0. The minimum Gasteiger partial charge on any atom is -0.394 e. The molecule has 1 aliphatic heterocycles. The molecule has 0 spiro atoms. The third-order valence-corrected chi connectivity index (χ3v) is 5.90. The largest absolute Gasteiger partial charge is 0.394 e. The summed E-state index contributed by atoms with van der Waals surface area (Å²) in [6, 6.07) is 30.7. The zero-order chi connectivity index (χ0) is 20.8. The van der Waals surface area contributed by atoms with Crippen LogP contribution in [0.5, 0.6) is 0 Å². The Kier molecular flexibility index (Phi) is 6.60. The lowest BCUT2D eigenvalue weighted by Crippen LogP contribution is -2.36. The smallest absolute Gasteiger partial charge is 0.143 e. The summed E-state index contributed by atoms with van der Waals surface area (Å²) in [6.07, 6.45) is 0.0772. The molecule has 0 bridgehead atoms. The molecular formula is C26H28O4. The van der Waals surface area contributed by atoms with Crippen molar-refractivity contribution in [3.63, 3.8) is 0 Å². The predicted octanol–water partition coefficient (Wildman–Crippen LogP) is 3.75. The number of hydrogen-bond acceptors (Lipinski definition) is 4. The van der Waals surface area contributed by atoms with Crippen LogP contribution in [0, 0.1) is 5.92 Å². The van der Waals surface area contributed by atoms with Gasteiger partial charge in [0, 0.05) is 5.92 Å². The summed E-state index contributed by atoms with van der Waals surface area (Å²) in [4.78, 5) is 0. The van der Waals surface area contributed by atoms with Crippen LogP contribution in [-0.4, -0.2) is 42.2 Å². The van der Waals surface area contributed by atoms with Gasteiger partial charge in [-0.1, -0.05) is 91.0 Å². The van der Waals surface area contributed by atoms with Gasteiger partial charge in [-0.05, 0) is 23.1 Å².